The van der Waals surface area contributed by atoms with Crippen LogP contribution in [0.3, 0.4) is 0 Å². The van der Waals surface area contributed by atoms with Crippen LogP contribution < -0.4 is 5.32 Å². The van der Waals surface area contributed by atoms with Crippen LogP contribution in [0.2, 0.25) is 0 Å². The minimum absolute atomic E-state index is 0.202. The van der Waals surface area contributed by atoms with E-state index < -0.39 is 0 Å². The van der Waals surface area contributed by atoms with Crippen LogP contribution >= 0.6 is 0 Å². The Balaban J connectivity index is 1.32. The molecule has 6 heteroatoms. The number of carbonyl (C=O) groups excluding carboxylic acids is 1. The molecule has 138 valence electrons. The van der Waals surface area contributed by atoms with Gasteiger partial charge in [0.25, 0.3) is 0 Å². The highest BCUT2D eigenvalue weighted by Crippen LogP contribution is 2.35. The van der Waals surface area contributed by atoms with Crippen LogP contribution in [0.1, 0.15) is 31.4 Å². The largest absolute Gasteiger partial charge is 0.373 e. The van der Waals surface area contributed by atoms with E-state index >= 15 is 0 Å². The molecule has 2 aliphatic rings. The van der Waals surface area contributed by atoms with Crippen molar-refractivity contribution in [2.75, 3.05) is 25.0 Å². The van der Waals surface area contributed by atoms with E-state index in [-0.39, 0.29) is 11.5 Å². The van der Waals surface area contributed by atoms with Crippen LogP contribution in [0.4, 0.5) is 5.82 Å². The zero-order valence-electron chi connectivity index (χ0n) is 15.0. The number of rotatable bonds is 5. The van der Waals surface area contributed by atoms with E-state index in [0.29, 0.717) is 19.0 Å². The van der Waals surface area contributed by atoms with E-state index in [9.17, 15) is 4.79 Å². The fourth-order valence-electron chi connectivity index (χ4n) is 4.07. The summed E-state index contributed by atoms with van der Waals surface area (Å²) in [4.78, 5) is 22.1. The Bertz CT molecular complexity index is 719. The molecule has 2 aromatic heterocycles. The number of aromatic nitrogens is 2. The lowest BCUT2D eigenvalue weighted by Gasteiger charge is -2.38. The summed E-state index contributed by atoms with van der Waals surface area (Å²) >= 11 is 0. The van der Waals surface area contributed by atoms with Crippen LogP contribution in [-0.4, -0.2) is 52.1 Å². The van der Waals surface area contributed by atoms with E-state index in [1.807, 2.05) is 41.4 Å². The minimum atomic E-state index is -0.202. The zero-order valence-corrected chi connectivity index (χ0v) is 15.0. The molecule has 4 rings (SSSR count). The Hall–Kier alpha value is -2.34. The van der Waals surface area contributed by atoms with Gasteiger partial charge in [-0.05, 0) is 49.9 Å². The van der Waals surface area contributed by atoms with Gasteiger partial charge in [-0.25, -0.2) is 4.98 Å². The fraction of sp³-hybridized carbons (Fsp3) is 0.500. The topological polar surface area (TPSA) is 70.2 Å². The van der Waals surface area contributed by atoms with E-state index in [0.717, 1.165) is 50.3 Å². The third kappa shape index (κ3) is 3.90. The predicted octanol–water partition coefficient (Wildman–Crippen LogP) is 2.60. The molecule has 2 aromatic rings. The number of likely N-dealkylation sites (tertiary alicyclic amines) is 1. The number of ether oxygens (including phenoxy) is 1. The van der Waals surface area contributed by atoms with Gasteiger partial charge in [0.15, 0.2) is 0 Å². The zero-order chi connectivity index (χ0) is 17.8. The van der Waals surface area contributed by atoms with Crippen molar-refractivity contribution in [2.24, 2.45) is 0 Å². The molecule has 1 amide bonds. The summed E-state index contributed by atoms with van der Waals surface area (Å²) in [5.41, 5.74) is 0.910. The molecule has 0 saturated carbocycles. The van der Waals surface area contributed by atoms with E-state index in [2.05, 4.69) is 15.3 Å². The molecule has 1 spiro atoms. The highest BCUT2D eigenvalue weighted by Gasteiger charge is 2.44. The number of aryl methyl sites for hydroxylation is 1. The molecule has 2 atom stereocenters. The summed E-state index contributed by atoms with van der Waals surface area (Å²) < 4.78 is 6.16. The van der Waals surface area contributed by atoms with Gasteiger partial charge in [-0.3, -0.25) is 4.79 Å². The molecule has 2 saturated heterocycles. The Labute approximate surface area is 154 Å². The maximum Gasteiger partial charge on any atom is 0.223 e. The Morgan fingerprint density at radius 3 is 3.15 bits per heavy atom. The number of carbonyl (C=O) groups is 1. The van der Waals surface area contributed by atoms with Crippen molar-refractivity contribution in [1.82, 2.24) is 14.9 Å². The minimum Gasteiger partial charge on any atom is -0.373 e. The van der Waals surface area contributed by atoms with Gasteiger partial charge >= 0.3 is 0 Å². The average Bonchev–Trinajstić information content (AvgIpc) is 3.31. The van der Waals surface area contributed by atoms with Gasteiger partial charge in [0.1, 0.15) is 5.82 Å². The van der Waals surface area contributed by atoms with Crippen LogP contribution in [0.5, 0.6) is 0 Å². The summed E-state index contributed by atoms with van der Waals surface area (Å²) in [6.45, 7) is 2.23. The number of nitrogens with zero attached hydrogens (tertiary/aromatic N) is 2. The van der Waals surface area contributed by atoms with Crippen LogP contribution in [0.15, 0.2) is 42.7 Å². The second-order valence-electron chi connectivity index (χ2n) is 7.34. The summed E-state index contributed by atoms with van der Waals surface area (Å²) in [7, 11) is 0. The first-order chi connectivity index (χ1) is 12.7. The maximum atomic E-state index is 12.6. The first kappa shape index (κ1) is 17.1. The molecular formula is C20H26N4O2. The van der Waals surface area contributed by atoms with Gasteiger partial charge in [0.2, 0.25) is 5.91 Å². The molecule has 2 aliphatic heterocycles. The predicted molar refractivity (Wildman–Crippen MR) is 99.9 cm³/mol. The van der Waals surface area contributed by atoms with Gasteiger partial charge in [-0.1, -0.05) is 6.07 Å². The van der Waals surface area contributed by atoms with E-state index in [1.54, 1.807) is 6.20 Å². The Morgan fingerprint density at radius 2 is 2.35 bits per heavy atom. The smallest absolute Gasteiger partial charge is 0.223 e. The van der Waals surface area contributed by atoms with Crippen LogP contribution in [0, 0.1) is 0 Å². The highest BCUT2D eigenvalue weighted by molar-refractivity contribution is 5.76. The number of aromatic amines is 1. The molecule has 0 aromatic carbocycles. The molecule has 0 unspecified atom stereocenters. The van der Waals surface area contributed by atoms with Crippen molar-refractivity contribution in [2.45, 2.75) is 43.7 Å². The third-order valence-corrected chi connectivity index (χ3v) is 5.45. The van der Waals surface area contributed by atoms with Crippen LogP contribution in [0.25, 0.3) is 0 Å². The number of hydrogen-bond acceptors (Lipinski definition) is 4. The molecular weight excluding hydrogens is 328 g/mol. The van der Waals surface area contributed by atoms with Crippen molar-refractivity contribution >= 4 is 11.7 Å². The lowest BCUT2D eigenvalue weighted by molar-refractivity contribution is -0.132. The first-order valence-corrected chi connectivity index (χ1v) is 9.44. The molecule has 6 nitrogen and oxygen atoms in total. The van der Waals surface area contributed by atoms with E-state index in [4.69, 9.17) is 4.74 Å². The average molecular weight is 354 g/mol. The lowest BCUT2D eigenvalue weighted by atomic mass is 9.89. The standard InChI is InChI=1S/C20H26N4O2/c25-19(7-6-16-4-3-11-21-16)24-12-9-20(15-24)14-17(8-13-26-20)23-18-5-1-2-10-22-18/h1-5,10-11,17,21H,6-9,12-15H2,(H,22,23)/t17-,20-/m1/s1. The molecule has 0 bridgehead atoms. The number of amides is 1. The van der Waals surface area contributed by atoms with Crippen molar-refractivity contribution in [3.8, 4) is 0 Å². The number of pyridine rings is 1. The maximum absolute atomic E-state index is 12.6. The van der Waals surface area contributed by atoms with Gasteiger partial charge in [-0.15, -0.1) is 0 Å². The summed E-state index contributed by atoms with van der Waals surface area (Å²) in [6, 6.07) is 10.2. The quantitative estimate of drug-likeness (QED) is 0.866. The normalized spacial score (nSPS) is 25.5. The summed E-state index contributed by atoms with van der Waals surface area (Å²) in [5, 5.41) is 3.52. The molecule has 2 N–H and O–H groups in total. The number of hydrogen-bond donors (Lipinski definition) is 2. The second-order valence-corrected chi connectivity index (χ2v) is 7.34. The Kier molecular flexibility index (Phi) is 4.93. The van der Waals surface area contributed by atoms with Crippen molar-refractivity contribution in [3.05, 3.63) is 48.4 Å². The summed E-state index contributed by atoms with van der Waals surface area (Å²) in [6.07, 6.45) is 7.82. The van der Waals surface area contributed by atoms with E-state index in [1.165, 1.54) is 0 Å². The van der Waals surface area contributed by atoms with Gasteiger partial charge in [0, 0.05) is 50.2 Å². The SMILES string of the molecule is O=C(CCc1ccc[nH]1)N1CC[C@@]2(C[C@H](Nc3ccccn3)CCO2)C1. The first-order valence-electron chi connectivity index (χ1n) is 9.44. The molecule has 2 fully saturated rings. The molecule has 0 aliphatic carbocycles. The number of anilines is 1. The van der Waals surface area contributed by atoms with Gasteiger partial charge in [-0.2, -0.15) is 0 Å². The molecule has 26 heavy (non-hydrogen) atoms. The third-order valence-electron chi connectivity index (χ3n) is 5.45. The van der Waals surface area contributed by atoms with Gasteiger partial charge in [0.05, 0.1) is 5.60 Å². The van der Waals surface area contributed by atoms with Crippen molar-refractivity contribution < 1.29 is 9.53 Å². The summed E-state index contributed by atoms with van der Waals surface area (Å²) in [5.74, 6) is 1.13. The number of nitrogens with one attached hydrogen (secondary N) is 2. The second kappa shape index (κ2) is 7.50. The van der Waals surface area contributed by atoms with Gasteiger partial charge < -0.3 is 19.9 Å². The molecule has 4 heterocycles. The lowest BCUT2D eigenvalue weighted by Crippen LogP contribution is -2.47. The van der Waals surface area contributed by atoms with Crippen LogP contribution in [-0.2, 0) is 16.0 Å². The number of H-pyrrole nitrogens is 1. The van der Waals surface area contributed by atoms with Crippen molar-refractivity contribution in [1.29, 1.82) is 0 Å². The fourth-order valence-corrected chi connectivity index (χ4v) is 4.07. The van der Waals surface area contributed by atoms with Crippen molar-refractivity contribution in [3.63, 3.8) is 0 Å². The molecule has 0 radical (unpaired) electrons. The Morgan fingerprint density at radius 1 is 1.38 bits per heavy atom. The monoisotopic (exact) mass is 354 g/mol. The highest BCUT2D eigenvalue weighted by atomic mass is 16.5.